The number of hydrazone groups is 1. The molecule has 0 aromatic heterocycles. The number of carbonyl (C=O) groups excluding carboxylic acids is 2. The molecule has 0 spiro atoms. The lowest BCUT2D eigenvalue weighted by Crippen LogP contribution is -2.38. The van der Waals surface area contributed by atoms with E-state index in [9.17, 15) is 22.8 Å². The van der Waals surface area contributed by atoms with Gasteiger partial charge in [-0.3, -0.25) is 9.59 Å². The number of likely N-dealkylation sites (tertiary alicyclic amines) is 1. The molecule has 0 bridgehead atoms. The van der Waals surface area contributed by atoms with Gasteiger partial charge < -0.3 is 4.90 Å². The van der Waals surface area contributed by atoms with E-state index >= 15 is 0 Å². The Morgan fingerprint density at radius 2 is 2.10 bits per heavy atom. The number of carbonyl (C=O) groups is 2. The predicted octanol–water partition coefficient (Wildman–Crippen LogP) is 4.16. The van der Waals surface area contributed by atoms with E-state index in [2.05, 4.69) is 17.1 Å². The summed E-state index contributed by atoms with van der Waals surface area (Å²) in [6, 6.07) is 4.63. The molecule has 3 rings (SSSR count). The van der Waals surface area contributed by atoms with Crippen LogP contribution in [0.3, 0.4) is 0 Å². The van der Waals surface area contributed by atoms with Gasteiger partial charge in [0.05, 0.1) is 5.56 Å². The molecule has 1 N–H and O–H groups in total. The lowest BCUT2D eigenvalue weighted by Gasteiger charge is -2.35. The summed E-state index contributed by atoms with van der Waals surface area (Å²) in [6.45, 7) is 5.34. The first kappa shape index (κ1) is 21.1. The minimum atomic E-state index is -4.47. The molecule has 0 saturated carbocycles. The molecular weight excluding hydrogens is 383 g/mol. The van der Waals surface area contributed by atoms with Gasteiger partial charge in [-0.05, 0) is 44.2 Å². The highest BCUT2D eigenvalue weighted by molar-refractivity contribution is 5.98. The van der Waals surface area contributed by atoms with Crippen LogP contribution in [0.4, 0.5) is 13.2 Å². The van der Waals surface area contributed by atoms with E-state index in [0.717, 1.165) is 36.5 Å². The molecule has 5 nitrogen and oxygen atoms in total. The maximum Gasteiger partial charge on any atom is 0.416 e. The predicted molar refractivity (Wildman–Crippen MR) is 103 cm³/mol. The number of rotatable bonds is 6. The van der Waals surface area contributed by atoms with E-state index < -0.39 is 11.7 Å². The molecule has 1 aromatic carbocycles. The third-order valence-electron chi connectivity index (χ3n) is 5.40. The number of hydrogen-bond donors (Lipinski definition) is 1. The average Bonchev–Trinajstić information content (AvgIpc) is 2.72. The molecule has 156 valence electrons. The third-order valence-corrected chi connectivity index (χ3v) is 5.40. The van der Waals surface area contributed by atoms with Crippen molar-refractivity contribution in [2.75, 3.05) is 13.1 Å². The monoisotopic (exact) mass is 407 g/mol. The van der Waals surface area contributed by atoms with Crippen LogP contribution in [0.25, 0.3) is 0 Å². The van der Waals surface area contributed by atoms with Gasteiger partial charge in [0.25, 0.3) is 0 Å². The smallest absolute Gasteiger partial charge is 0.375 e. The zero-order valence-electron chi connectivity index (χ0n) is 16.1. The highest BCUT2D eigenvalue weighted by Crippen LogP contribution is 2.31. The number of amides is 1. The number of alkyl halides is 3. The summed E-state index contributed by atoms with van der Waals surface area (Å²) in [5, 5.41) is 4.05. The first-order valence-corrected chi connectivity index (χ1v) is 9.72. The molecule has 1 fully saturated rings. The van der Waals surface area contributed by atoms with Crippen LogP contribution in [0.2, 0.25) is 0 Å². The fraction of sp³-hybridized carbons (Fsp3) is 0.476. The Morgan fingerprint density at radius 3 is 2.79 bits per heavy atom. The summed E-state index contributed by atoms with van der Waals surface area (Å²) in [5.41, 5.74) is 3.57. The Balaban J connectivity index is 1.59. The van der Waals surface area contributed by atoms with E-state index in [1.807, 2.05) is 4.90 Å². The second-order valence-corrected chi connectivity index (χ2v) is 7.51. The first-order valence-electron chi connectivity index (χ1n) is 9.72. The van der Waals surface area contributed by atoms with E-state index in [4.69, 9.17) is 0 Å². The van der Waals surface area contributed by atoms with Gasteiger partial charge in [-0.2, -0.15) is 18.3 Å². The van der Waals surface area contributed by atoms with Crippen LogP contribution in [0.5, 0.6) is 0 Å². The largest absolute Gasteiger partial charge is 0.416 e. The molecule has 2 aliphatic rings. The second kappa shape index (κ2) is 8.80. The highest BCUT2D eigenvalue weighted by Gasteiger charge is 2.32. The second-order valence-electron chi connectivity index (χ2n) is 7.51. The summed E-state index contributed by atoms with van der Waals surface area (Å²) in [4.78, 5) is 26.0. The van der Waals surface area contributed by atoms with Crippen molar-refractivity contribution in [2.24, 2.45) is 11.0 Å². The van der Waals surface area contributed by atoms with Gasteiger partial charge in [-0.1, -0.05) is 18.7 Å². The van der Waals surface area contributed by atoms with Crippen molar-refractivity contribution in [3.63, 3.8) is 0 Å². The summed E-state index contributed by atoms with van der Waals surface area (Å²) < 4.78 is 38.8. The molecule has 1 amide bonds. The topological polar surface area (TPSA) is 61.8 Å². The Bertz CT molecular complexity index is 833. The van der Waals surface area contributed by atoms with E-state index in [-0.39, 0.29) is 23.2 Å². The van der Waals surface area contributed by atoms with Gasteiger partial charge in [0, 0.05) is 42.4 Å². The number of halogens is 3. The fourth-order valence-corrected chi connectivity index (χ4v) is 3.70. The van der Waals surface area contributed by atoms with Crippen LogP contribution in [0.15, 0.2) is 41.6 Å². The van der Waals surface area contributed by atoms with Gasteiger partial charge >= 0.3 is 6.18 Å². The number of ketones is 1. The molecule has 1 saturated heterocycles. The van der Waals surface area contributed by atoms with Gasteiger partial charge in [-0.15, -0.1) is 0 Å². The van der Waals surface area contributed by atoms with E-state index in [1.54, 1.807) is 0 Å². The van der Waals surface area contributed by atoms with Crippen LogP contribution < -0.4 is 5.43 Å². The lowest BCUT2D eigenvalue weighted by molar-refractivity contribution is -0.137. The number of allylic oxidation sites excluding steroid dienone is 1. The SMILES string of the molecule is C=C(CCC1=NNC(=O)CC1)N1CCC[C@H](C(=O)c2cccc(C(F)(F)F)c2)C1. The molecule has 1 atom stereocenters. The van der Waals surface area contributed by atoms with Gasteiger partial charge in [0.15, 0.2) is 5.78 Å². The highest BCUT2D eigenvalue weighted by atomic mass is 19.4. The molecule has 0 unspecified atom stereocenters. The molecule has 1 aromatic rings. The maximum absolute atomic E-state index is 12.9. The van der Waals surface area contributed by atoms with Crippen molar-refractivity contribution in [1.82, 2.24) is 10.3 Å². The molecule has 2 aliphatic heterocycles. The van der Waals surface area contributed by atoms with Crippen molar-refractivity contribution in [2.45, 2.75) is 44.7 Å². The third kappa shape index (κ3) is 5.46. The van der Waals surface area contributed by atoms with Crippen molar-refractivity contribution in [1.29, 1.82) is 0 Å². The lowest BCUT2D eigenvalue weighted by atomic mass is 9.89. The zero-order chi connectivity index (χ0) is 21.0. The van der Waals surface area contributed by atoms with Crippen LogP contribution in [-0.4, -0.2) is 35.4 Å². The van der Waals surface area contributed by atoms with Crippen LogP contribution in [0, 0.1) is 5.92 Å². The Kier molecular flexibility index (Phi) is 6.39. The molecule has 2 heterocycles. The molecule has 29 heavy (non-hydrogen) atoms. The number of benzene rings is 1. The summed E-state index contributed by atoms with van der Waals surface area (Å²) >= 11 is 0. The summed E-state index contributed by atoms with van der Waals surface area (Å²) in [5.74, 6) is -0.692. The Labute approximate surface area is 167 Å². The first-order chi connectivity index (χ1) is 13.7. The Morgan fingerprint density at radius 1 is 1.31 bits per heavy atom. The normalized spacial score (nSPS) is 20.1. The Hall–Kier alpha value is -2.64. The summed E-state index contributed by atoms with van der Waals surface area (Å²) in [7, 11) is 0. The number of nitrogens with one attached hydrogen (secondary N) is 1. The number of piperidine rings is 1. The van der Waals surface area contributed by atoms with Crippen LogP contribution >= 0.6 is 0 Å². The standard InChI is InChI=1S/C21H24F3N3O2/c1-14(7-8-18-9-10-19(28)26-25-18)27-11-3-5-16(13-27)20(29)15-4-2-6-17(12-15)21(22,23)24/h2,4,6,12,16H,1,3,5,7-11,13H2,(H,26,28)/t16-/m0/s1. The quantitative estimate of drug-likeness (QED) is 0.721. The number of Topliss-reactive ketones (excluding diaryl/α,β-unsaturated/α-hetero) is 1. The van der Waals surface area contributed by atoms with Crippen molar-refractivity contribution >= 4 is 17.4 Å². The molecule has 0 aliphatic carbocycles. The van der Waals surface area contributed by atoms with E-state index in [1.165, 1.54) is 12.1 Å². The summed E-state index contributed by atoms with van der Waals surface area (Å²) in [6.07, 6.45) is -0.618. The minimum Gasteiger partial charge on any atom is -0.375 e. The van der Waals surface area contributed by atoms with Crippen molar-refractivity contribution < 1.29 is 22.8 Å². The van der Waals surface area contributed by atoms with Crippen molar-refractivity contribution in [3.8, 4) is 0 Å². The zero-order valence-corrected chi connectivity index (χ0v) is 16.1. The van der Waals surface area contributed by atoms with E-state index in [0.29, 0.717) is 38.6 Å². The van der Waals surface area contributed by atoms with Crippen molar-refractivity contribution in [3.05, 3.63) is 47.7 Å². The maximum atomic E-state index is 12.9. The molecule has 0 radical (unpaired) electrons. The van der Waals surface area contributed by atoms with Gasteiger partial charge in [-0.25, -0.2) is 5.43 Å². The minimum absolute atomic E-state index is 0.0837. The number of nitrogens with zero attached hydrogens (tertiary/aromatic N) is 2. The fourth-order valence-electron chi connectivity index (χ4n) is 3.70. The van der Waals surface area contributed by atoms with Gasteiger partial charge in [0.1, 0.15) is 0 Å². The van der Waals surface area contributed by atoms with Crippen LogP contribution in [0.1, 0.15) is 54.4 Å². The average molecular weight is 407 g/mol. The van der Waals surface area contributed by atoms with Crippen LogP contribution in [-0.2, 0) is 11.0 Å². The van der Waals surface area contributed by atoms with Gasteiger partial charge in [0.2, 0.25) is 5.91 Å². The molecular formula is C21H24F3N3O2. The molecule has 8 heteroatoms. The number of hydrogen-bond acceptors (Lipinski definition) is 4.